The molecule has 3 nitrogen and oxygen atoms in total. The van der Waals surface area contributed by atoms with E-state index in [1.54, 1.807) is 0 Å². The number of ether oxygens (including phenoxy) is 1. The summed E-state index contributed by atoms with van der Waals surface area (Å²) in [6, 6.07) is 5.63. The minimum atomic E-state index is 0.00571. The van der Waals surface area contributed by atoms with Crippen LogP contribution in [0.15, 0.2) is 18.2 Å². The van der Waals surface area contributed by atoms with E-state index in [-0.39, 0.29) is 6.61 Å². The molecular weight excluding hydrogens is 250 g/mol. The van der Waals surface area contributed by atoms with Crippen molar-refractivity contribution in [3.63, 3.8) is 0 Å². The molecule has 1 aliphatic rings. The summed E-state index contributed by atoms with van der Waals surface area (Å²) in [4.78, 5) is 2.14. The first-order chi connectivity index (χ1) is 8.70. The third-order valence-electron chi connectivity index (χ3n) is 3.37. The first kappa shape index (κ1) is 13.7. The molecule has 2 rings (SSSR count). The Hall–Kier alpha value is -0.770. The molecule has 1 aromatic rings. The monoisotopic (exact) mass is 269 g/mol. The Bertz CT molecular complexity index is 391. The maximum Gasteiger partial charge on any atom is 0.0749 e. The average molecular weight is 270 g/mol. The van der Waals surface area contributed by atoms with E-state index in [0.717, 1.165) is 30.8 Å². The lowest BCUT2D eigenvalue weighted by atomic mass is 10.1. The van der Waals surface area contributed by atoms with Crippen molar-refractivity contribution >= 4 is 17.3 Å². The van der Waals surface area contributed by atoms with E-state index in [2.05, 4.69) is 4.90 Å². The van der Waals surface area contributed by atoms with Crippen molar-refractivity contribution in [2.24, 2.45) is 0 Å². The Kier molecular flexibility index (Phi) is 4.87. The van der Waals surface area contributed by atoms with Crippen molar-refractivity contribution in [1.29, 1.82) is 0 Å². The molecule has 0 saturated carbocycles. The van der Waals surface area contributed by atoms with Gasteiger partial charge in [0.15, 0.2) is 0 Å². The van der Waals surface area contributed by atoms with Gasteiger partial charge in [-0.1, -0.05) is 11.6 Å². The van der Waals surface area contributed by atoms with Crippen LogP contribution >= 0.6 is 11.6 Å². The number of hydrogen-bond donors (Lipinski definition) is 1. The highest BCUT2D eigenvalue weighted by Crippen LogP contribution is 2.25. The molecule has 1 unspecified atom stereocenters. The third kappa shape index (κ3) is 3.37. The molecule has 100 valence electrons. The summed E-state index contributed by atoms with van der Waals surface area (Å²) < 4.78 is 5.74. The summed E-state index contributed by atoms with van der Waals surface area (Å²) in [6.07, 6.45) is 3.83. The Morgan fingerprint density at radius 1 is 1.44 bits per heavy atom. The largest absolute Gasteiger partial charge is 0.392 e. The van der Waals surface area contributed by atoms with E-state index >= 15 is 0 Å². The van der Waals surface area contributed by atoms with Crippen LogP contribution in [0.3, 0.4) is 0 Å². The highest BCUT2D eigenvalue weighted by atomic mass is 35.5. The van der Waals surface area contributed by atoms with E-state index < -0.39 is 0 Å². The van der Waals surface area contributed by atoms with Gasteiger partial charge in [0.1, 0.15) is 0 Å². The molecular formula is C14H20ClNO2. The molecule has 1 aromatic carbocycles. The topological polar surface area (TPSA) is 32.7 Å². The fourth-order valence-electron chi connectivity index (χ4n) is 2.41. The highest BCUT2D eigenvalue weighted by Gasteiger charge is 2.17. The zero-order chi connectivity index (χ0) is 13.0. The van der Waals surface area contributed by atoms with Gasteiger partial charge in [-0.25, -0.2) is 0 Å². The Morgan fingerprint density at radius 2 is 2.28 bits per heavy atom. The summed E-state index contributed by atoms with van der Waals surface area (Å²) in [5.74, 6) is 0. The fourth-order valence-corrected chi connectivity index (χ4v) is 2.60. The second kappa shape index (κ2) is 6.41. The number of likely N-dealkylation sites (N-methyl/N-ethyl adjacent to an activating group) is 1. The van der Waals surface area contributed by atoms with E-state index in [1.165, 1.54) is 12.8 Å². The second-order valence-electron chi connectivity index (χ2n) is 4.80. The second-order valence-corrected chi connectivity index (χ2v) is 5.24. The smallest absolute Gasteiger partial charge is 0.0749 e. The minimum absolute atomic E-state index is 0.00571. The zero-order valence-electron chi connectivity index (χ0n) is 10.7. The SMILES string of the molecule is CN(CC1CCCCO1)c1ccc(Cl)cc1CO. The van der Waals surface area contributed by atoms with Gasteiger partial charge in [0.05, 0.1) is 12.7 Å². The number of aliphatic hydroxyl groups is 1. The van der Waals surface area contributed by atoms with Crippen LogP contribution in [-0.2, 0) is 11.3 Å². The molecule has 18 heavy (non-hydrogen) atoms. The van der Waals surface area contributed by atoms with E-state index in [1.807, 2.05) is 25.2 Å². The molecule has 0 spiro atoms. The normalized spacial score (nSPS) is 19.8. The van der Waals surface area contributed by atoms with Crippen LogP contribution in [0.25, 0.3) is 0 Å². The van der Waals surface area contributed by atoms with Crippen LogP contribution in [0.4, 0.5) is 5.69 Å². The molecule has 0 radical (unpaired) electrons. The van der Waals surface area contributed by atoms with Crippen molar-refractivity contribution in [3.8, 4) is 0 Å². The lowest BCUT2D eigenvalue weighted by molar-refractivity contribution is 0.0216. The van der Waals surface area contributed by atoms with E-state index in [0.29, 0.717) is 11.1 Å². The fraction of sp³-hybridized carbons (Fsp3) is 0.571. The summed E-state index contributed by atoms with van der Waals surface area (Å²) in [7, 11) is 2.03. The number of halogens is 1. The third-order valence-corrected chi connectivity index (χ3v) is 3.61. The first-order valence-electron chi connectivity index (χ1n) is 6.42. The van der Waals surface area contributed by atoms with E-state index in [9.17, 15) is 5.11 Å². The molecule has 1 saturated heterocycles. The van der Waals surface area contributed by atoms with Crippen LogP contribution in [0.2, 0.25) is 5.02 Å². The molecule has 0 bridgehead atoms. The number of anilines is 1. The van der Waals surface area contributed by atoms with Crippen molar-refractivity contribution in [3.05, 3.63) is 28.8 Å². The minimum Gasteiger partial charge on any atom is -0.392 e. The van der Waals surface area contributed by atoms with E-state index in [4.69, 9.17) is 16.3 Å². The summed E-state index contributed by atoms with van der Waals surface area (Å²) in [5.41, 5.74) is 1.89. The lowest BCUT2D eigenvalue weighted by Gasteiger charge is -2.29. The molecule has 4 heteroatoms. The number of nitrogens with zero attached hydrogens (tertiary/aromatic N) is 1. The molecule has 1 atom stereocenters. The van der Waals surface area contributed by atoms with Crippen molar-refractivity contribution in [1.82, 2.24) is 0 Å². The number of aliphatic hydroxyl groups excluding tert-OH is 1. The summed E-state index contributed by atoms with van der Waals surface area (Å²) in [6.45, 7) is 1.73. The molecule has 1 N–H and O–H groups in total. The lowest BCUT2D eigenvalue weighted by Crippen LogP contribution is -2.33. The van der Waals surface area contributed by atoms with Crippen molar-refractivity contribution in [2.75, 3.05) is 25.1 Å². The zero-order valence-corrected chi connectivity index (χ0v) is 11.5. The van der Waals surface area contributed by atoms with Crippen LogP contribution in [0, 0.1) is 0 Å². The van der Waals surface area contributed by atoms with Crippen LogP contribution in [0.1, 0.15) is 24.8 Å². The number of rotatable bonds is 4. The number of hydrogen-bond acceptors (Lipinski definition) is 3. The quantitative estimate of drug-likeness (QED) is 0.912. The molecule has 0 aromatic heterocycles. The van der Waals surface area contributed by atoms with Gasteiger partial charge in [0.25, 0.3) is 0 Å². The first-order valence-corrected chi connectivity index (χ1v) is 6.80. The average Bonchev–Trinajstić information content (AvgIpc) is 2.39. The Labute approximate surface area is 113 Å². The van der Waals surface area contributed by atoms with Crippen molar-refractivity contribution in [2.45, 2.75) is 32.0 Å². The van der Waals surface area contributed by atoms with Gasteiger partial charge in [0.2, 0.25) is 0 Å². The van der Waals surface area contributed by atoms with Crippen LogP contribution in [0.5, 0.6) is 0 Å². The van der Waals surface area contributed by atoms with Gasteiger partial charge < -0.3 is 14.7 Å². The summed E-state index contributed by atoms with van der Waals surface area (Å²) in [5, 5.41) is 10.0. The van der Waals surface area contributed by atoms with Crippen LogP contribution < -0.4 is 4.90 Å². The predicted molar refractivity (Wildman–Crippen MR) is 74.2 cm³/mol. The Balaban J connectivity index is 2.05. The highest BCUT2D eigenvalue weighted by molar-refractivity contribution is 6.30. The number of benzene rings is 1. The van der Waals surface area contributed by atoms with Gasteiger partial charge in [-0.2, -0.15) is 0 Å². The predicted octanol–water partition coefficient (Wildman–Crippen LogP) is 2.84. The van der Waals surface area contributed by atoms with Gasteiger partial charge in [-0.05, 0) is 37.5 Å². The molecule has 0 aliphatic carbocycles. The van der Waals surface area contributed by atoms with Crippen molar-refractivity contribution < 1.29 is 9.84 Å². The van der Waals surface area contributed by atoms with Gasteiger partial charge >= 0.3 is 0 Å². The van der Waals surface area contributed by atoms with Gasteiger partial charge in [-0.3, -0.25) is 0 Å². The van der Waals surface area contributed by atoms with Crippen LogP contribution in [-0.4, -0.2) is 31.4 Å². The molecule has 1 aliphatic heterocycles. The van der Waals surface area contributed by atoms with Gasteiger partial charge in [0, 0.05) is 36.5 Å². The Morgan fingerprint density at radius 3 is 2.94 bits per heavy atom. The molecule has 0 amide bonds. The summed E-state index contributed by atoms with van der Waals surface area (Å²) >= 11 is 5.94. The molecule has 1 heterocycles. The molecule has 1 fully saturated rings. The maximum atomic E-state index is 9.38. The van der Waals surface area contributed by atoms with Gasteiger partial charge in [-0.15, -0.1) is 0 Å². The standard InChI is InChI=1S/C14H20ClNO2/c1-16(9-13-4-2-3-7-18-13)14-6-5-12(15)8-11(14)10-17/h5-6,8,13,17H,2-4,7,9-10H2,1H3. The maximum absolute atomic E-state index is 9.38.